The van der Waals surface area contributed by atoms with E-state index in [2.05, 4.69) is 15.2 Å². The fourth-order valence-corrected chi connectivity index (χ4v) is 8.34. The summed E-state index contributed by atoms with van der Waals surface area (Å²) >= 11 is 9.40. The van der Waals surface area contributed by atoms with Crippen LogP contribution in [0.2, 0.25) is 5.02 Å². The van der Waals surface area contributed by atoms with E-state index in [1.54, 1.807) is 16.5 Å². The number of carbonyl (C=O) groups excluding carboxylic acids is 2. The topological polar surface area (TPSA) is 103 Å². The van der Waals surface area contributed by atoms with Crippen molar-refractivity contribution in [3.05, 3.63) is 79.8 Å². The fraction of sp³-hybridized carbons (Fsp3) is 0.375. The number of carboxylic acid groups (broad SMARTS) is 1. The molecule has 0 spiro atoms. The van der Waals surface area contributed by atoms with E-state index in [4.69, 9.17) is 16.7 Å². The number of amides is 2. The largest absolute Gasteiger partial charge is 0.481 e. The van der Waals surface area contributed by atoms with Gasteiger partial charge in [0, 0.05) is 39.1 Å². The van der Waals surface area contributed by atoms with Crippen molar-refractivity contribution in [2.24, 2.45) is 0 Å². The molecule has 2 fully saturated rings. The average molecular weight is 655 g/mol. The highest BCUT2D eigenvalue weighted by atomic mass is 35.5. The number of thiazole rings is 1. The first kappa shape index (κ1) is 30.6. The van der Waals surface area contributed by atoms with E-state index >= 15 is 4.39 Å². The number of rotatable bonds is 9. The van der Waals surface area contributed by atoms with Crippen LogP contribution in [0.1, 0.15) is 64.0 Å². The first-order chi connectivity index (χ1) is 21.3. The van der Waals surface area contributed by atoms with Gasteiger partial charge in [0.2, 0.25) is 5.91 Å². The van der Waals surface area contributed by atoms with Crippen LogP contribution in [0.5, 0.6) is 0 Å². The Balaban J connectivity index is 1.19. The van der Waals surface area contributed by atoms with Crippen LogP contribution in [-0.2, 0) is 22.4 Å². The third-order valence-corrected chi connectivity index (χ3v) is 10.8. The zero-order valence-electron chi connectivity index (χ0n) is 23.9. The number of anilines is 1. The van der Waals surface area contributed by atoms with Crippen LogP contribution in [0.4, 0.5) is 10.1 Å². The first-order valence-corrected chi connectivity index (χ1v) is 16.8. The number of aliphatic carboxylic acids is 1. The van der Waals surface area contributed by atoms with Gasteiger partial charge in [0.1, 0.15) is 10.8 Å². The molecular formula is C32H32ClFN4O4S2. The zero-order valence-corrected chi connectivity index (χ0v) is 26.3. The SMILES string of the molecule is O=C(O)CCc1cnc([C@@H]2C[C@H](N3CCCCC3)CN2C(=O)Cc2cc(Cl)c(NC(=O)c3csc4ccccc34)cc2F)s1. The summed E-state index contributed by atoms with van der Waals surface area (Å²) in [5.41, 5.74) is 0.778. The molecule has 0 unspecified atom stereocenters. The van der Waals surface area contributed by atoms with Crippen molar-refractivity contribution in [3.8, 4) is 0 Å². The molecule has 0 bridgehead atoms. The highest BCUT2D eigenvalue weighted by Crippen LogP contribution is 2.38. The maximum atomic E-state index is 15.4. The summed E-state index contributed by atoms with van der Waals surface area (Å²) in [6.45, 7) is 2.49. The molecule has 2 aliphatic heterocycles. The Bertz CT molecular complexity index is 1700. The molecule has 4 aromatic rings. The molecule has 2 N–H and O–H groups in total. The summed E-state index contributed by atoms with van der Waals surface area (Å²) in [5, 5.41) is 15.3. The maximum absolute atomic E-state index is 15.4. The summed E-state index contributed by atoms with van der Waals surface area (Å²) in [5.74, 6) is -2.11. The molecule has 2 amide bonds. The Kier molecular flexibility index (Phi) is 9.27. The van der Waals surface area contributed by atoms with Crippen molar-refractivity contribution in [1.82, 2.24) is 14.8 Å². The van der Waals surface area contributed by atoms with E-state index < -0.39 is 11.8 Å². The third-order valence-electron chi connectivity index (χ3n) is 8.40. The van der Waals surface area contributed by atoms with Gasteiger partial charge in [-0.2, -0.15) is 0 Å². The predicted molar refractivity (Wildman–Crippen MR) is 171 cm³/mol. The minimum atomic E-state index is -0.867. The zero-order chi connectivity index (χ0) is 30.8. The van der Waals surface area contributed by atoms with Gasteiger partial charge in [0.15, 0.2) is 0 Å². The number of carbonyl (C=O) groups is 3. The third kappa shape index (κ3) is 6.66. The number of piperidine rings is 1. The van der Waals surface area contributed by atoms with Gasteiger partial charge in [0.05, 0.1) is 35.2 Å². The Morgan fingerprint density at radius 3 is 2.73 bits per heavy atom. The quantitative estimate of drug-likeness (QED) is 0.206. The van der Waals surface area contributed by atoms with Crippen LogP contribution in [0.25, 0.3) is 10.1 Å². The number of carboxylic acids is 1. The lowest BCUT2D eigenvalue weighted by Crippen LogP contribution is -2.42. The van der Waals surface area contributed by atoms with Crippen molar-refractivity contribution in [1.29, 1.82) is 0 Å². The molecule has 8 nitrogen and oxygen atoms in total. The summed E-state index contributed by atoms with van der Waals surface area (Å²) in [7, 11) is 0. The lowest BCUT2D eigenvalue weighted by atomic mass is 10.1. The standard InChI is InChI=1S/C32H32ClFN4O4S2/c33-24-12-19(25(34)15-26(24)36-31(42)23-18-43-28-7-3-2-6-22(23)28)13-29(39)38-17-20(37-10-4-1-5-11-37)14-27(38)32-35-16-21(44-32)8-9-30(40)41/h2-3,6-7,12,15-16,18,20,27H,1,4-5,8-11,13-14,17H2,(H,36,42)(H,40,41)/t20-,27-/m0/s1. The number of benzene rings is 2. The van der Waals surface area contributed by atoms with Crippen molar-refractivity contribution < 1.29 is 23.9 Å². The van der Waals surface area contributed by atoms with Crippen LogP contribution in [-0.4, -0.2) is 63.4 Å². The first-order valence-electron chi connectivity index (χ1n) is 14.7. The molecule has 0 radical (unpaired) electrons. The smallest absolute Gasteiger partial charge is 0.303 e. The van der Waals surface area contributed by atoms with Crippen molar-refractivity contribution in [3.63, 3.8) is 0 Å². The number of likely N-dealkylation sites (tertiary alicyclic amines) is 2. The van der Waals surface area contributed by atoms with E-state index in [9.17, 15) is 14.4 Å². The molecule has 12 heteroatoms. The Hall–Kier alpha value is -3.38. The maximum Gasteiger partial charge on any atom is 0.303 e. The van der Waals surface area contributed by atoms with Crippen molar-refractivity contribution >= 4 is 67.8 Å². The Morgan fingerprint density at radius 2 is 1.93 bits per heavy atom. The number of fused-ring (bicyclic) bond motifs is 1. The molecule has 4 heterocycles. The van der Waals surface area contributed by atoms with E-state index in [1.807, 2.05) is 24.3 Å². The van der Waals surface area contributed by atoms with E-state index in [-0.39, 0.29) is 53.0 Å². The molecule has 2 aromatic carbocycles. The molecule has 44 heavy (non-hydrogen) atoms. The number of thiophene rings is 1. The van der Waals surface area contributed by atoms with Crippen LogP contribution in [0.15, 0.2) is 48.0 Å². The molecule has 0 aliphatic carbocycles. The average Bonchev–Trinajstić information content (AvgIpc) is 3.77. The molecular weight excluding hydrogens is 623 g/mol. The normalized spacial score (nSPS) is 19.0. The van der Waals surface area contributed by atoms with Gasteiger partial charge in [-0.3, -0.25) is 19.3 Å². The highest BCUT2D eigenvalue weighted by Gasteiger charge is 2.40. The minimum Gasteiger partial charge on any atom is -0.481 e. The fourth-order valence-electron chi connectivity index (χ4n) is 6.12. The second-order valence-corrected chi connectivity index (χ2v) is 13.8. The van der Waals surface area contributed by atoms with E-state index in [1.165, 1.54) is 41.2 Å². The van der Waals surface area contributed by atoms with Crippen molar-refractivity contribution in [2.75, 3.05) is 25.0 Å². The molecule has 2 atom stereocenters. The number of nitrogens with zero attached hydrogens (tertiary/aromatic N) is 3. The monoisotopic (exact) mass is 654 g/mol. The highest BCUT2D eigenvalue weighted by molar-refractivity contribution is 7.17. The Morgan fingerprint density at radius 1 is 1.14 bits per heavy atom. The van der Waals surface area contributed by atoms with Crippen LogP contribution in [0.3, 0.4) is 0 Å². The van der Waals surface area contributed by atoms with Gasteiger partial charge in [-0.1, -0.05) is 36.2 Å². The summed E-state index contributed by atoms with van der Waals surface area (Å²) in [6, 6.07) is 10.1. The Labute approximate surface area is 267 Å². The summed E-state index contributed by atoms with van der Waals surface area (Å²) in [4.78, 5) is 47.5. The number of nitrogens with one attached hydrogen (secondary N) is 1. The van der Waals surface area contributed by atoms with Gasteiger partial charge >= 0.3 is 5.97 Å². The number of aromatic nitrogens is 1. The second-order valence-electron chi connectivity index (χ2n) is 11.3. The predicted octanol–water partition coefficient (Wildman–Crippen LogP) is 6.79. The molecule has 2 saturated heterocycles. The molecule has 230 valence electrons. The van der Waals surface area contributed by atoms with Crippen LogP contribution < -0.4 is 5.32 Å². The number of hydrogen-bond acceptors (Lipinski definition) is 7. The summed E-state index contributed by atoms with van der Waals surface area (Å²) < 4.78 is 16.4. The lowest BCUT2D eigenvalue weighted by Gasteiger charge is -2.32. The number of halogens is 2. The van der Waals surface area contributed by atoms with Crippen molar-refractivity contribution in [2.45, 2.75) is 57.0 Å². The number of hydrogen-bond donors (Lipinski definition) is 2. The molecule has 6 rings (SSSR count). The van der Waals surface area contributed by atoms with Gasteiger partial charge in [-0.05, 0) is 62.5 Å². The number of aryl methyl sites for hydroxylation is 1. The molecule has 2 aromatic heterocycles. The molecule has 2 aliphatic rings. The van der Waals surface area contributed by atoms with Crippen LogP contribution in [0, 0.1) is 5.82 Å². The van der Waals surface area contributed by atoms with Gasteiger partial charge in [-0.25, -0.2) is 9.37 Å². The lowest BCUT2D eigenvalue weighted by molar-refractivity contribution is -0.137. The van der Waals surface area contributed by atoms with E-state index in [0.717, 1.165) is 52.3 Å². The van der Waals surface area contributed by atoms with Crippen LogP contribution >= 0.6 is 34.3 Å². The van der Waals surface area contributed by atoms with E-state index in [0.29, 0.717) is 18.5 Å². The minimum absolute atomic E-state index is 0.0195. The van der Waals surface area contributed by atoms with Gasteiger partial charge < -0.3 is 15.3 Å². The summed E-state index contributed by atoms with van der Waals surface area (Å²) in [6.07, 6.45) is 6.10. The van der Waals surface area contributed by atoms with Gasteiger partial charge in [-0.15, -0.1) is 22.7 Å². The second kappa shape index (κ2) is 13.3. The van der Waals surface area contributed by atoms with Gasteiger partial charge in [0.25, 0.3) is 5.91 Å². The molecule has 0 saturated carbocycles.